The Bertz CT molecular complexity index is 1050. The van der Waals surface area contributed by atoms with Gasteiger partial charge in [0.05, 0.1) is 10.2 Å². The average molecular weight is 536 g/mol. The number of halogens is 1. The largest absolute Gasteiger partial charge is 0.490 e. The molecule has 8 nitrogen and oxygen atoms in total. The Hall–Kier alpha value is -3.08. The molecule has 3 amide bonds. The molecule has 0 aliphatic carbocycles. The molecule has 0 aromatic heterocycles. The van der Waals surface area contributed by atoms with E-state index in [-0.39, 0.29) is 5.70 Å². The first-order valence-corrected chi connectivity index (χ1v) is 10.6. The maximum absolute atomic E-state index is 12.4. The normalized spacial score (nSPS) is 14.7. The van der Waals surface area contributed by atoms with Crippen molar-refractivity contribution in [3.63, 3.8) is 0 Å². The second kappa shape index (κ2) is 9.82. The summed E-state index contributed by atoms with van der Waals surface area (Å²) in [6.45, 7) is 3.96. The molecule has 1 heterocycles. The number of aryl methyl sites for hydroxylation is 1. The van der Waals surface area contributed by atoms with Crippen molar-refractivity contribution >= 4 is 46.6 Å². The van der Waals surface area contributed by atoms with E-state index in [0.29, 0.717) is 35.2 Å². The highest BCUT2D eigenvalue weighted by molar-refractivity contribution is 14.1. The van der Waals surface area contributed by atoms with E-state index in [9.17, 15) is 14.4 Å². The Morgan fingerprint density at radius 1 is 1.19 bits per heavy atom. The Balaban J connectivity index is 1.85. The lowest BCUT2D eigenvalue weighted by Gasteiger charge is -2.15. The third kappa shape index (κ3) is 5.54. The van der Waals surface area contributed by atoms with Gasteiger partial charge in [0.2, 0.25) is 0 Å². The summed E-state index contributed by atoms with van der Waals surface area (Å²) >= 11 is 2.12. The number of carbonyl (C=O) groups excluding carboxylic acids is 2. The molecule has 2 N–H and O–H groups in total. The van der Waals surface area contributed by atoms with Crippen molar-refractivity contribution in [3.8, 4) is 11.5 Å². The molecular formula is C22H21IN2O6. The number of hydrogen-bond donors (Lipinski definition) is 2. The van der Waals surface area contributed by atoms with Crippen molar-refractivity contribution in [2.75, 3.05) is 13.2 Å². The van der Waals surface area contributed by atoms with E-state index >= 15 is 0 Å². The minimum Gasteiger partial charge on any atom is -0.490 e. The lowest BCUT2D eigenvalue weighted by molar-refractivity contribution is -0.140. The zero-order chi connectivity index (χ0) is 22.5. The van der Waals surface area contributed by atoms with Crippen LogP contribution in [0.2, 0.25) is 0 Å². The third-order valence-electron chi connectivity index (χ3n) is 4.40. The molecule has 0 atom stereocenters. The van der Waals surface area contributed by atoms with Crippen LogP contribution < -0.4 is 14.8 Å². The van der Waals surface area contributed by atoms with Crippen LogP contribution in [0.25, 0.3) is 6.08 Å². The second-order valence-corrected chi connectivity index (χ2v) is 7.97. The highest BCUT2D eigenvalue weighted by Crippen LogP contribution is 2.35. The lowest BCUT2D eigenvalue weighted by atomic mass is 10.1. The van der Waals surface area contributed by atoms with E-state index in [1.54, 1.807) is 12.1 Å². The summed E-state index contributed by atoms with van der Waals surface area (Å²) in [4.78, 5) is 35.8. The SMILES string of the molecule is CCOc1cc(/C=C2/NC(=O)N(CC(=O)O)C2=O)cc(I)c1OCc1ccc(C)cc1. The van der Waals surface area contributed by atoms with E-state index in [1.807, 2.05) is 38.1 Å². The van der Waals surface area contributed by atoms with Crippen molar-refractivity contribution in [2.45, 2.75) is 20.5 Å². The Kier molecular flexibility index (Phi) is 7.16. The zero-order valence-electron chi connectivity index (χ0n) is 17.0. The van der Waals surface area contributed by atoms with E-state index in [0.717, 1.165) is 9.13 Å². The number of amides is 3. The number of rotatable bonds is 8. The number of nitrogens with zero attached hydrogens (tertiary/aromatic N) is 1. The topological polar surface area (TPSA) is 105 Å². The smallest absolute Gasteiger partial charge is 0.329 e. The first kappa shape index (κ1) is 22.6. The molecule has 0 radical (unpaired) electrons. The molecule has 0 bridgehead atoms. The number of hydrogen-bond acceptors (Lipinski definition) is 5. The number of ether oxygens (including phenoxy) is 2. The average Bonchev–Trinajstić information content (AvgIpc) is 2.96. The van der Waals surface area contributed by atoms with E-state index in [2.05, 4.69) is 27.9 Å². The van der Waals surface area contributed by atoms with Crippen molar-refractivity contribution in [2.24, 2.45) is 0 Å². The molecule has 0 saturated carbocycles. The standard InChI is InChI=1S/C22H21IN2O6/c1-3-30-18-10-15(9-17-21(28)25(11-19(26)27)22(29)24-17)8-16(23)20(18)31-12-14-6-4-13(2)5-7-14/h4-10H,3,11-12H2,1-2H3,(H,24,29)(H,26,27)/b17-9+. The minimum absolute atomic E-state index is 0.00202. The number of imide groups is 1. The predicted molar refractivity (Wildman–Crippen MR) is 122 cm³/mol. The lowest BCUT2D eigenvalue weighted by Crippen LogP contribution is -2.35. The number of urea groups is 1. The molecule has 9 heteroatoms. The van der Waals surface area contributed by atoms with Crippen molar-refractivity contribution in [3.05, 3.63) is 62.4 Å². The maximum atomic E-state index is 12.4. The maximum Gasteiger partial charge on any atom is 0.329 e. The molecule has 2 aromatic carbocycles. The monoisotopic (exact) mass is 536 g/mol. The highest BCUT2D eigenvalue weighted by Gasteiger charge is 2.34. The summed E-state index contributed by atoms with van der Waals surface area (Å²) in [5.41, 5.74) is 2.79. The van der Waals surface area contributed by atoms with Gasteiger partial charge in [-0.15, -0.1) is 0 Å². The fraction of sp³-hybridized carbons (Fsp3) is 0.227. The first-order valence-electron chi connectivity index (χ1n) is 9.49. The number of benzene rings is 2. The van der Waals surface area contributed by atoms with Gasteiger partial charge in [-0.25, -0.2) is 9.69 Å². The van der Waals surface area contributed by atoms with Crippen LogP contribution in [0.5, 0.6) is 11.5 Å². The molecule has 162 valence electrons. The molecular weight excluding hydrogens is 515 g/mol. The van der Waals surface area contributed by atoms with Crippen LogP contribution in [0.3, 0.4) is 0 Å². The van der Waals surface area contributed by atoms with Gasteiger partial charge < -0.3 is 19.9 Å². The summed E-state index contributed by atoms with van der Waals surface area (Å²) in [7, 11) is 0. The summed E-state index contributed by atoms with van der Waals surface area (Å²) < 4.78 is 12.5. The summed E-state index contributed by atoms with van der Waals surface area (Å²) in [5.74, 6) is -0.875. The van der Waals surface area contributed by atoms with Crippen LogP contribution in [0, 0.1) is 10.5 Å². The minimum atomic E-state index is -1.27. The molecule has 0 unspecified atom stereocenters. The van der Waals surface area contributed by atoms with E-state index in [1.165, 1.54) is 11.6 Å². The van der Waals surface area contributed by atoms with Gasteiger partial charge in [-0.3, -0.25) is 9.59 Å². The van der Waals surface area contributed by atoms with Gasteiger partial charge in [0.15, 0.2) is 11.5 Å². The number of carbonyl (C=O) groups is 3. The van der Waals surface area contributed by atoms with Crippen LogP contribution in [0.1, 0.15) is 23.6 Å². The molecule has 1 saturated heterocycles. The van der Waals surface area contributed by atoms with Gasteiger partial charge in [-0.05, 0) is 65.8 Å². The Morgan fingerprint density at radius 2 is 1.90 bits per heavy atom. The quantitative estimate of drug-likeness (QED) is 0.304. The van der Waals surface area contributed by atoms with E-state index < -0.39 is 24.5 Å². The second-order valence-electron chi connectivity index (χ2n) is 6.81. The molecule has 1 fully saturated rings. The molecule has 31 heavy (non-hydrogen) atoms. The van der Waals surface area contributed by atoms with Gasteiger partial charge in [0, 0.05) is 0 Å². The number of nitrogens with one attached hydrogen (secondary N) is 1. The van der Waals surface area contributed by atoms with Crippen LogP contribution in [0.4, 0.5) is 4.79 Å². The third-order valence-corrected chi connectivity index (χ3v) is 5.20. The van der Waals surface area contributed by atoms with Crippen LogP contribution in [-0.4, -0.2) is 41.1 Å². The van der Waals surface area contributed by atoms with Gasteiger partial charge in [-0.2, -0.15) is 0 Å². The molecule has 1 aliphatic rings. The van der Waals surface area contributed by atoms with Gasteiger partial charge in [-0.1, -0.05) is 29.8 Å². The van der Waals surface area contributed by atoms with Crippen molar-refractivity contribution in [1.29, 1.82) is 0 Å². The van der Waals surface area contributed by atoms with Crippen LogP contribution in [0.15, 0.2) is 42.1 Å². The van der Waals surface area contributed by atoms with Crippen LogP contribution >= 0.6 is 22.6 Å². The Labute approximate surface area is 193 Å². The zero-order valence-corrected chi connectivity index (χ0v) is 19.1. The highest BCUT2D eigenvalue weighted by atomic mass is 127. The van der Waals surface area contributed by atoms with Gasteiger partial charge >= 0.3 is 12.0 Å². The predicted octanol–water partition coefficient (Wildman–Crippen LogP) is 3.55. The molecule has 3 rings (SSSR count). The first-order chi connectivity index (χ1) is 14.8. The fourth-order valence-electron chi connectivity index (χ4n) is 2.93. The summed E-state index contributed by atoms with van der Waals surface area (Å²) in [6, 6.07) is 10.8. The van der Waals surface area contributed by atoms with E-state index in [4.69, 9.17) is 14.6 Å². The van der Waals surface area contributed by atoms with Gasteiger partial charge in [0.1, 0.15) is 18.8 Å². The molecule has 0 spiro atoms. The number of aliphatic carboxylic acids is 1. The van der Waals surface area contributed by atoms with Gasteiger partial charge in [0.25, 0.3) is 5.91 Å². The fourth-order valence-corrected chi connectivity index (χ4v) is 3.71. The summed E-state index contributed by atoms with van der Waals surface area (Å²) in [6.07, 6.45) is 1.48. The summed E-state index contributed by atoms with van der Waals surface area (Å²) in [5, 5.41) is 11.3. The molecule has 2 aromatic rings. The van der Waals surface area contributed by atoms with Crippen molar-refractivity contribution < 1.29 is 29.0 Å². The van der Waals surface area contributed by atoms with Crippen LogP contribution in [-0.2, 0) is 16.2 Å². The molecule has 1 aliphatic heterocycles. The number of carboxylic acid groups (broad SMARTS) is 1. The number of carboxylic acids is 1. The van der Waals surface area contributed by atoms with Crippen molar-refractivity contribution in [1.82, 2.24) is 10.2 Å². The Morgan fingerprint density at radius 3 is 2.55 bits per heavy atom.